The van der Waals surface area contributed by atoms with Crippen LogP contribution in [0.15, 0.2) is 0 Å². The van der Waals surface area contributed by atoms with Crippen LogP contribution in [0.2, 0.25) is 0 Å². The number of nitrogens with one attached hydrogen (secondary N) is 1. The van der Waals surface area contributed by atoms with Crippen LogP contribution in [-0.4, -0.2) is 27.1 Å². The molecule has 0 amide bonds. The molecule has 1 aliphatic heterocycles. The summed E-state index contributed by atoms with van der Waals surface area (Å²) in [7, 11) is -4.19. The summed E-state index contributed by atoms with van der Waals surface area (Å²) in [6.07, 6.45) is 2.78. The Morgan fingerprint density at radius 1 is 1.10 bits per heavy atom. The van der Waals surface area contributed by atoms with Gasteiger partial charge in [-0.3, -0.25) is 0 Å². The van der Waals surface area contributed by atoms with Crippen molar-refractivity contribution in [2.45, 2.75) is 12.8 Å². The van der Waals surface area contributed by atoms with Gasteiger partial charge in [-0.25, -0.2) is 0 Å². The molecule has 0 aromatic carbocycles. The van der Waals surface area contributed by atoms with E-state index in [2.05, 4.69) is 5.32 Å². The van der Waals surface area contributed by atoms with E-state index in [0.29, 0.717) is 0 Å². The predicted octanol–water partition coefficient (Wildman–Crippen LogP) is -2.49. The number of hydrogen-bond donors (Lipinski definition) is 4. The first-order chi connectivity index (χ1) is 4.50. The number of hydrogen-bond acceptors (Lipinski definition) is 5. The van der Waals surface area contributed by atoms with Crippen molar-refractivity contribution in [1.82, 2.24) is 5.32 Å². The average molecular weight is 174 g/mol. The molecule has 1 aliphatic rings. The van der Waals surface area contributed by atoms with E-state index in [9.17, 15) is 0 Å². The van der Waals surface area contributed by atoms with Crippen molar-refractivity contribution in [3.63, 3.8) is 0 Å². The Morgan fingerprint density at radius 2 is 1.40 bits per heavy atom. The van der Waals surface area contributed by atoms with Crippen molar-refractivity contribution in [3.05, 3.63) is 0 Å². The van der Waals surface area contributed by atoms with E-state index < -0.39 is 10.2 Å². The topological polar surface area (TPSA) is 95.8 Å². The summed E-state index contributed by atoms with van der Waals surface area (Å²) in [5, 5.41) is 3.22. The summed E-state index contributed by atoms with van der Waals surface area (Å²) in [6, 6.07) is 0. The van der Waals surface area contributed by atoms with Crippen LogP contribution in [0.25, 0.3) is 0 Å². The van der Waals surface area contributed by atoms with Gasteiger partial charge in [0.2, 0.25) is 0 Å². The van der Waals surface area contributed by atoms with Crippen LogP contribution in [0.3, 0.4) is 0 Å². The third-order valence-electron chi connectivity index (χ3n) is 0.957. The zero-order valence-corrected chi connectivity index (χ0v) is 6.21. The van der Waals surface area contributed by atoms with Gasteiger partial charge in [0.25, 0.3) is 0 Å². The second-order valence-electron chi connectivity index (χ2n) is 1.89. The standard InChI is InChI=1S/C4H9N.ClH3O4/c1-2-4-5-3-1;2-1(3,4)5/h5H,1-4H2;2-4H. The predicted molar refractivity (Wildman–Crippen MR) is 28.8 cm³/mol. The number of rotatable bonds is 0. The molecule has 0 saturated carbocycles. The molecule has 1 rings (SSSR count). The van der Waals surface area contributed by atoms with E-state index in [1.165, 1.54) is 25.9 Å². The normalized spacial score (nSPS) is 19.6. The minimum atomic E-state index is -4.19. The minimum absolute atomic E-state index is 1.25. The van der Waals surface area contributed by atoms with Gasteiger partial charge in [0.1, 0.15) is 0 Å². The Balaban J connectivity index is 0.000000162. The Bertz CT molecular complexity index is 66.2. The van der Waals surface area contributed by atoms with Gasteiger partial charge >= 0.3 is 28.9 Å². The molecule has 1 heterocycles. The SMILES string of the molecule is C1CCNC1.[O-][Cl+](O)(O)O. The summed E-state index contributed by atoms with van der Waals surface area (Å²) >= 11 is 0. The van der Waals surface area contributed by atoms with Crippen LogP contribution < -0.4 is 9.98 Å². The van der Waals surface area contributed by atoms with Crippen LogP contribution in [0.4, 0.5) is 0 Å². The fourth-order valence-electron chi connectivity index (χ4n) is 0.625. The third kappa shape index (κ3) is 15.7. The van der Waals surface area contributed by atoms with E-state index in [1.54, 1.807) is 0 Å². The van der Waals surface area contributed by atoms with Crippen LogP contribution in [0.5, 0.6) is 0 Å². The summed E-state index contributed by atoms with van der Waals surface area (Å²) in [5.74, 6) is 0. The first-order valence-corrected chi connectivity index (χ1v) is 4.19. The quantitative estimate of drug-likeness (QED) is 0.325. The molecular weight excluding hydrogens is 162 g/mol. The Labute approximate surface area is 61.0 Å². The molecule has 0 aromatic heterocycles. The van der Waals surface area contributed by atoms with E-state index in [4.69, 9.17) is 18.6 Å². The fourth-order valence-corrected chi connectivity index (χ4v) is 0.625. The van der Waals surface area contributed by atoms with Gasteiger partial charge in [-0.05, 0) is 25.9 Å². The van der Waals surface area contributed by atoms with Gasteiger partial charge in [-0.15, -0.1) is 0 Å². The van der Waals surface area contributed by atoms with Gasteiger partial charge in [0.15, 0.2) is 0 Å². The van der Waals surface area contributed by atoms with Crippen molar-refractivity contribution in [2.24, 2.45) is 0 Å². The first kappa shape index (κ1) is 10.1. The van der Waals surface area contributed by atoms with Crippen LogP contribution in [-0.2, 0) is 0 Å². The molecule has 0 spiro atoms. The van der Waals surface area contributed by atoms with Crippen LogP contribution in [0, 0.1) is 10.2 Å². The molecule has 4 N–H and O–H groups in total. The molecule has 0 atom stereocenters. The zero-order chi connectivity index (χ0) is 8.04. The molecule has 0 bridgehead atoms. The molecule has 64 valence electrons. The molecule has 1 saturated heterocycles. The van der Waals surface area contributed by atoms with Crippen LogP contribution >= 0.6 is 0 Å². The molecule has 0 aromatic rings. The molecule has 10 heavy (non-hydrogen) atoms. The maximum absolute atomic E-state index is 8.83. The molecule has 1 fully saturated rings. The Hall–Kier alpha value is 0.0900. The fraction of sp³-hybridized carbons (Fsp3) is 1.00. The summed E-state index contributed by atoms with van der Waals surface area (Å²) in [5.41, 5.74) is 0. The first-order valence-electron chi connectivity index (χ1n) is 2.87. The molecular formula is C4H12ClNO4. The Kier molecular flexibility index (Phi) is 4.88. The second-order valence-corrected chi connectivity index (χ2v) is 2.76. The molecule has 6 heteroatoms. The summed E-state index contributed by atoms with van der Waals surface area (Å²) in [6.45, 7) is 2.50. The number of halogens is 1. The zero-order valence-electron chi connectivity index (χ0n) is 5.46. The van der Waals surface area contributed by atoms with E-state index in [0.717, 1.165) is 0 Å². The van der Waals surface area contributed by atoms with Gasteiger partial charge < -0.3 is 5.32 Å². The summed E-state index contributed by atoms with van der Waals surface area (Å²) in [4.78, 5) is 0. The van der Waals surface area contributed by atoms with Crippen molar-refractivity contribution >= 4 is 0 Å². The van der Waals surface area contributed by atoms with Gasteiger partial charge in [0.05, 0.1) is 0 Å². The third-order valence-corrected chi connectivity index (χ3v) is 0.957. The van der Waals surface area contributed by atoms with Crippen molar-refractivity contribution < 1.29 is 28.9 Å². The van der Waals surface area contributed by atoms with Crippen molar-refractivity contribution in [3.8, 4) is 0 Å². The monoisotopic (exact) mass is 173 g/mol. The molecule has 0 unspecified atom stereocenters. The van der Waals surface area contributed by atoms with Gasteiger partial charge in [0, 0.05) is 0 Å². The van der Waals surface area contributed by atoms with E-state index >= 15 is 0 Å². The molecule has 0 aliphatic carbocycles. The van der Waals surface area contributed by atoms with Gasteiger partial charge in [-0.1, -0.05) is 0 Å². The maximum atomic E-state index is 8.83. The van der Waals surface area contributed by atoms with Crippen molar-refractivity contribution in [1.29, 1.82) is 0 Å². The average Bonchev–Trinajstić information content (AvgIpc) is 2.07. The van der Waals surface area contributed by atoms with E-state index in [-0.39, 0.29) is 0 Å². The second kappa shape index (κ2) is 4.84. The van der Waals surface area contributed by atoms with Gasteiger partial charge in [-0.2, -0.15) is 0 Å². The Morgan fingerprint density at radius 3 is 1.50 bits per heavy atom. The van der Waals surface area contributed by atoms with E-state index in [1.807, 2.05) is 0 Å². The molecule has 5 nitrogen and oxygen atoms in total. The summed E-state index contributed by atoms with van der Waals surface area (Å²) < 4.78 is 30.2. The molecule has 0 radical (unpaired) electrons. The van der Waals surface area contributed by atoms with Crippen molar-refractivity contribution in [2.75, 3.05) is 13.1 Å². The van der Waals surface area contributed by atoms with Crippen LogP contribution in [0.1, 0.15) is 12.8 Å².